The molecule has 4 aromatic rings. The molecule has 0 atom stereocenters. The molecule has 4 rings (SSSR count). The molecule has 0 spiro atoms. The Labute approximate surface area is 166 Å². The average molecular weight is 415 g/mol. The summed E-state index contributed by atoms with van der Waals surface area (Å²) < 4.78 is 37.7. The Morgan fingerprint density at radius 1 is 1.11 bits per heavy atom. The van der Waals surface area contributed by atoms with Crippen LogP contribution in [0.1, 0.15) is 5.56 Å². The molecule has 2 heterocycles. The van der Waals surface area contributed by atoms with Crippen LogP contribution >= 0.6 is 11.6 Å². The van der Waals surface area contributed by atoms with Gasteiger partial charge in [0.05, 0.1) is 21.2 Å². The Morgan fingerprint density at radius 2 is 1.89 bits per heavy atom. The molecule has 7 heteroatoms. The highest BCUT2D eigenvalue weighted by Crippen LogP contribution is 2.33. The second-order valence-electron chi connectivity index (χ2n) is 6.69. The van der Waals surface area contributed by atoms with E-state index in [1.165, 1.54) is 12.3 Å². The van der Waals surface area contributed by atoms with E-state index in [0.717, 1.165) is 22.1 Å². The first-order valence-corrected chi connectivity index (χ1v) is 10.8. The van der Waals surface area contributed by atoms with Crippen LogP contribution in [0.5, 0.6) is 0 Å². The number of sulfone groups is 1. The summed E-state index contributed by atoms with van der Waals surface area (Å²) in [6.07, 6.45) is 2.89. The molecule has 0 aliphatic carbocycles. The molecule has 0 aliphatic rings. The molecule has 0 unspecified atom stereocenters. The molecule has 2 aromatic heterocycles. The van der Waals surface area contributed by atoms with E-state index in [-0.39, 0.29) is 4.90 Å². The molecule has 0 radical (unpaired) electrons. The van der Waals surface area contributed by atoms with Gasteiger partial charge in [0.25, 0.3) is 0 Å². The first-order valence-electron chi connectivity index (χ1n) is 8.48. The number of halogens is 2. The van der Waals surface area contributed by atoms with Gasteiger partial charge in [-0.05, 0) is 54.4 Å². The van der Waals surface area contributed by atoms with Gasteiger partial charge >= 0.3 is 0 Å². The molecule has 0 aliphatic heterocycles. The number of H-pyrrole nitrogens is 1. The molecule has 0 saturated carbocycles. The van der Waals surface area contributed by atoms with Gasteiger partial charge in [-0.1, -0.05) is 23.7 Å². The Hall–Kier alpha value is -2.70. The van der Waals surface area contributed by atoms with E-state index in [4.69, 9.17) is 11.6 Å². The predicted molar refractivity (Wildman–Crippen MR) is 110 cm³/mol. The van der Waals surface area contributed by atoms with Gasteiger partial charge < -0.3 is 4.98 Å². The first-order chi connectivity index (χ1) is 13.2. The summed E-state index contributed by atoms with van der Waals surface area (Å²) in [4.78, 5) is 7.82. The third-order valence-electron chi connectivity index (χ3n) is 4.64. The van der Waals surface area contributed by atoms with E-state index in [9.17, 15) is 12.8 Å². The van der Waals surface area contributed by atoms with Crippen molar-refractivity contribution in [3.8, 4) is 22.4 Å². The Kier molecular flexibility index (Phi) is 4.48. The number of rotatable bonds is 3. The Balaban J connectivity index is 1.81. The monoisotopic (exact) mass is 414 g/mol. The van der Waals surface area contributed by atoms with Gasteiger partial charge in [0.15, 0.2) is 9.84 Å². The smallest absolute Gasteiger partial charge is 0.175 e. The second kappa shape index (κ2) is 6.72. The zero-order chi connectivity index (χ0) is 20.1. The van der Waals surface area contributed by atoms with Crippen LogP contribution < -0.4 is 0 Å². The highest BCUT2D eigenvalue weighted by molar-refractivity contribution is 7.90. The third kappa shape index (κ3) is 3.30. The Morgan fingerprint density at radius 3 is 2.57 bits per heavy atom. The molecule has 0 bridgehead atoms. The fraction of sp³-hybridized carbons (Fsp3) is 0.0952. The van der Waals surface area contributed by atoms with Crippen molar-refractivity contribution in [3.05, 3.63) is 71.1 Å². The maximum absolute atomic E-state index is 14.2. The topological polar surface area (TPSA) is 62.8 Å². The number of aromatic amines is 1. The quantitative estimate of drug-likeness (QED) is 0.488. The lowest BCUT2D eigenvalue weighted by molar-refractivity contribution is 0.602. The van der Waals surface area contributed by atoms with Crippen LogP contribution in [-0.2, 0) is 9.84 Å². The summed E-state index contributed by atoms with van der Waals surface area (Å²) >= 11 is 6.16. The third-order valence-corrected chi connectivity index (χ3v) is 6.06. The van der Waals surface area contributed by atoms with Crippen molar-refractivity contribution in [2.75, 3.05) is 6.26 Å². The van der Waals surface area contributed by atoms with Gasteiger partial charge in [-0.25, -0.2) is 17.8 Å². The minimum absolute atomic E-state index is 0.279. The summed E-state index contributed by atoms with van der Waals surface area (Å²) in [5, 5.41) is 1.12. The normalized spacial score (nSPS) is 11.9. The molecule has 1 N–H and O–H groups in total. The van der Waals surface area contributed by atoms with Crippen molar-refractivity contribution in [1.82, 2.24) is 9.97 Å². The minimum Gasteiger partial charge on any atom is -0.339 e. The predicted octanol–water partition coefficient (Wildman–Crippen LogP) is 5.40. The molecule has 0 fully saturated rings. The first kappa shape index (κ1) is 18.7. The van der Waals surface area contributed by atoms with Gasteiger partial charge in [-0.2, -0.15) is 0 Å². The van der Waals surface area contributed by atoms with Crippen LogP contribution in [0.4, 0.5) is 4.39 Å². The molecule has 2 aromatic carbocycles. The van der Waals surface area contributed by atoms with Crippen molar-refractivity contribution in [3.63, 3.8) is 0 Å². The molecule has 4 nitrogen and oxygen atoms in total. The lowest BCUT2D eigenvalue weighted by Crippen LogP contribution is -1.98. The van der Waals surface area contributed by atoms with Crippen LogP contribution in [0.2, 0.25) is 5.02 Å². The summed E-state index contributed by atoms with van der Waals surface area (Å²) in [6, 6.07) is 13.3. The van der Waals surface area contributed by atoms with Gasteiger partial charge in [-0.15, -0.1) is 0 Å². The molecule has 0 saturated heterocycles. The number of pyridine rings is 1. The van der Waals surface area contributed by atoms with Crippen LogP contribution in [-0.4, -0.2) is 24.6 Å². The minimum atomic E-state index is -3.26. The average Bonchev–Trinajstić information content (AvgIpc) is 3.03. The highest BCUT2D eigenvalue weighted by Gasteiger charge is 2.14. The number of fused-ring (bicyclic) bond motifs is 1. The van der Waals surface area contributed by atoms with E-state index >= 15 is 0 Å². The van der Waals surface area contributed by atoms with E-state index in [1.54, 1.807) is 42.6 Å². The largest absolute Gasteiger partial charge is 0.339 e. The summed E-state index contributed by atoms with van der Waals surface area (Å²) in [5.41, 5.74) is 4.02. The maximum atomic E-state index is 14.2. The molecular formula is C21H16ClFN2O2S. The summed E-state index contributed by atoms with van der Waals surface area (Å²) in [7, 11) is -3.26. The van der Waals surface area contributed by atoms with E-state index < -0.39 is 15.7 Å². The SMILES string of the molecule is Cc1cc(S(C)(=O)=O)ccc1-c1cnc2[nH]c(-c3c(F)cccc3Cl)cc2c1. The number of aromatic nitrogens is 2. The van der Waals surface area contributed by atoms with Gasteiger partial charge in [-0.3, -0.25) is 0 Å². The summed E-state index contributed by atoms with van der Waals surface area (Å²) in [5.74, 6) is -0.411. The van der Waals surface area contributed by atoms with E-state index in [2.05, 4.69) is 9.97 Å². The maximum Gasteiger partial charge on any atom is 0.175 e. The lowest BCUT2D eigenvalue weighted by atomic mass is 10.0. The van der Waals surface area contributed by atoms with Gasteiger partial charge in [0, 0.05) is 23.4 Å². The zero-order valence-electron chi connectivity index (χ0n) is 15.1. The zero-order valence-corrected chi connectivity index (χ0v) is 16.7. The summed E-state index contributed by atoms with van der Waals surface area (Å²) in [6.45, 7) is 1.86. The molecule has 142 valence electrons. The number of nitrogens with zero attached hydrogens (tertiary/aromatic N) is 1. The fourth-order valence-electron chi connectivity index (χ4n) is 3.24. The second-order valence-corrected chi connectivity index (χ2v) is 9.11. The number of nitrogens with one attached hydrogen (secondary N) is 1. The number of hydrogen-bond acceptors (Lipinski definition) is 3. The van der Waals surface area contributed by atoms with Crippen molar-refractivity contribution >= 4 is 32.5 Å². The molecule has 28 heavy (non-hydrogen) atoms. The number of benzene rings is 2. The highest BCUT2D eigenvalue weighted by atomic mass is 35.5. The van der Waals surface area contributed by atoms with Crippen LogP contribution in [0, 0.1) is 12.7 Å². The van der Waals surface area contributed by atoms with Crippen molar-refractivity contribution in [2.45, 2.75) is 11.8 Å². The number of hydrogen-bond donors (Lipinski definition) is 1. The van der Waals surface area contributed by atoms with E-state index in [1.807, 2.05) is 13.0 Å². The van der Waals surface area contributed by atoms with E-state index in [0.29, 0.717) is 21.9 Å². The van der Waals surface area contributed by atoms with Crippen LogP contribution in [0.3, 0.4) is 0 Å². The van der Waals surface area contributed by atoms with Crippen molar-refractivity contribution in [1.29, 1.82) is 0 Å². The van der Waals surface area contributed by atoms with Crippen LogP contribution in [0.15, 0.2) is 59.6 Å². The van der Waals surface area contributed by atoms with Crippen molar-refractivity contribution in [2.24, 2.45) is 0 Å². The lowest BCUT2D eigenvalue weighted by Gasteiger charge is -2.08. The van der Waals surface area contributed by atoms with Crippen LogP contribution in [0.25, 0.3) is 33.4 Å². The standard InChI is InChI=1S/C21H16ClFN2O2S/c1-12-8-15(28(2,26)27)6-7-16(12)14-9-13-10-19(25-21(13)24-11-14)20-17(22)4-3-5-18(20)23/h3-11H,1-2H3,(H,24,25). The van der Waals surface area contributed by atoms with Crippen molar-refractivity contribution < 1.29 is 12.8 Å². The molecule has 0 amide bonds. The number of aryl methyl sites for hydroxylation is 1. The fourth-order valence-corrected chi connectivity index (χ4v) is 4.21. The van der Waals surface area contributed by atoms with Gasteiger partial charge in [0.1, 0.15) is 11.5 Å². The Bertz CT molecular complexity index is 1310. The van der Waals surface area contributed by atoms with Gasteiger partial charge in [0.2, 0.25) is 0 Å². The molecular weight excluding hydrogens is 399 g/mol.